The highest BCUT2D eigenvalue weighted by Gasteiger charge is 2.47. The zero-order valence-corrected chi connectivity index (χ0v) is 53.0. The van der Waals surface area contributed by atoms with Crippen molar-refractivity contribution in [2.24, 2.45) is 0 Å². The molecule has 438 valence electrons. The zero-order chi connectivity index (χ0) is 58.1. The fraction of sp³-hybridized carbons (Fsp3) is 0.429. The topological polar surface area (TPSA) is 3.24 Å². The number of unbranched alkanes of at least 4 members (excludes halogenated alkanes) is 12. The van der Waals surface area contributed by atoms with Crippen LogP contribution < -0.4 is 4.90 Å². The summed E-state index contributed by atoms with van der Waals surface area (Å²) in [4.78, 5) is 2.69. The molecule has 8 aromatic carbocycles. The monoisotopic (exact) mass is 1120 g/mol. The van der Waals surface area contributed by atoms with Crippen molar-refractivity contribution in [2.75, 3.05) is 4.90 Å². The van der Waals surface area contributed by atoms with Crippen LogP contribution in [-0.2, 0) is 29.1 Å². The highest BCUT2D eigenvalue weighted by atomic mass is 15.1. The fourth-order valence-electron chi connectivity index (χ4n) is 17.4. The molecule has 0 unspecified atom stereocenters. The van der Waals surface area contributed by atoms with Crippen LogP contribution >= 0.6 is 0 Å². The Bertz CT molecular complexity index is 3680. The van der Waals surface area contributed by atoms with E-state index in [0.717, 1.165) is 0 Å². The lowest BCUT2D eigenvalue weighted by Gasteiger charge is -2.36. The molecule has 0 amide bonds. The van der Waals surface area contributed by atoms with E-state index in [9.17, 15) is 0 Å². The van der Waals surface area contributed by atoms with Gasteiger partial charge in [0.1, 0.15) is 0 Å². The molecule has 0 atom stereocenters. The third-order valence-corrected chi connectivity index (χ3v) is 22.1. The van der Waals surface area contributed by atoms with Crippen LogP contribution in [0.5, 0.6) is 0 Å². The average Bonchev–Trinajstić information content (AvgIpc) is 1.67. The van der Waals surface area contributed by atoms with Gasteiger partial charge in [-0.15, -0.1) is 0 Å². The van der Waals surface area contributed by atoms with Crippen molar-refractivity contribution in [3.8, 4) is 55.6 Å². The summed E-state index contributed by atoms with van der Waals surface area (Å²) in [5.41, 5.74) is 33.2. The summed E-state index contributed by atoms with van der Waals surface area (Å²) in [6.45, 7) is 14.1. The number of rotatable bonds is 25. The molecule has 0 bridgehead atoms. The van der Waals surface area contributed by atoms with Crippen LogP contribution in [0.2, 0.25) is 0 Å². The Kier molecular flexibility index (Phi) is 16.8. The first-order chi connectivity index (χ1) is 41.7. The van der Waals surface area contributed by atoms with Gasteiger partial charge in [-0.05, 0) is 214 Å². The molecule has 5 aliphatic rings. The molecule has 5 aliphatic carbocycles. The molecule has 0 heterocycles. The molecule has 1 heteroatoms. The molecule has 8 aromatic rings. The van der Waals surface area contributed by atoms with Gasteiger partial charge in [-0.3, -0.25) is 0 Å². The van der Waals surface area contributed by atoms with Crippen LogP contribution in [0, 0.1) is 13.8 Å². The van der Waals surface area contributed by atoms with Crippen molar-refractivity contribution in [2.45, 2.75) is 231 Å². The molecular formula is C84H97N. The largest absolute Gasteiger partial charge is 0.310 e. The number of anilines is 3. The lowest BCUT2D eigenvalue weighted by atomic mass is 9.67. The fourth-order valence-corrected chi connectivity index (χ4v) is 17.4. The van der Waals surface area contributed by atoms with Crippen molar-refractivity contribution in [1.82, 2.24) is 0 Å². The van der Waals surface area contributed by atoms with Crippen molar-refractivity contribution in [3.63, 3.8) is 0 Å². The van der Waals surface area contributed by atoms with Gasteiger partial charge < -0.3 is 4.90 Å². The first kappa shape index (κ1) is 57.6. The molecule has 0 aromatic heterocycles. The standard InChI is InChI=1S/C84H97N/c1-7-11-15-20-45-83(46-21-16-12-8-2)77-52-60(6)30-40-71(77)74-43-37-68(57-80(74)83)85(67-28-26-27-62(54-67)64-34-32-61-31-33-63(61)53-64)69-38-44-75-73-42-36-66(56-79(73)84(81(75)58-69,47-22-17-13-9-3)48-23-18-14-10-4)65-35-41-72-70-39-29-59(5)51-76(70)82(78(72)55-65)49-24-19-25-50-82/h26-30,32,34-44,51-58H,7-25,31,33,45-50H2,1-6H3. The molecule has 0 aliphatic heterocycles. The highest BCUT2D eigenvalue weighted by molar-refractivity contribution is 5.91. The van der Waals surface area contributed by atoms with E-state index in [0.29, 0.717) is 0 Å². The summed E-state index contributed by atoms with van der Waals surface area (Å²) in [7, 11) is 0. The van der Waals surface area contributed by atoms with Crippen molar-refractivity contribution in [1.29, 1.82) is 0 Å². The van der Waals surface area contributed by atoms with Crippen LogP contribution in [0.4, 0.5) is 17.1 Å². The highest BCUT2D eigenvalue weighted by Crippen LogP contribution is 2.60. The average molecular weight is 1120 g/mol. The number of aryl methyl sites for hydroxylation is 4. The van der Waals surface area contributed by atoms with Crippen LogP contribution in [0.15, 0.2) is 152 Å². The van der Waals surface area contributed by atoms with Crippen LogP contribution in [0.25, 0.3) is 55.6 Å². The first-order valence-corrected chi connectivity index (χ1v) is 34.6. The van der Waals surface area contributed by atoms with Gasteiger partial charge in [0.05, 0.1) is 0 Å². The third kappa shape index (κ3) is 10.5. The molecule has 1 spiro atoms. The number of hydrogen-bond donors (Lipinski definition) is 0. The van der Waals surface area contributed by atoms with Crippen molar-refractivity contribution >= 4 is 17.1 Å². The quantitative estimate of drug-likeness (QED) is 0.0516. The third-order valence-electron chi connectivity index (χ3n) is 22.1. The molecule has 0 N–H and O–H groups in total. The molecule has 13 rings (SSSR count). The minimum Gasteiger partial charge on any atom is -0.310 e. The SMILES string of the molecule is CCCCCCC1(CCCCCC)c2cc(C)ccc2-c2ccc(N(c3cccc(-c4ccc5c(c4)CC5)c3)c3ccc4c(c3)C(CCCCCC)(CCCCCC)c3cc(-c5ccc6c(c5)C5(CCCCC5)c5cc(C)ccc5-6)ccc3-4)cc21. The molecule has 0 radical (unpaired) electrons. The van der Waals surface area contributed by atoms with Crippen LogP contribution in [-0.4, -0.2) is 0 Å². The number of benzene rings is 8. The molecule has 1 nitrogen and oxygen atoms in total. The van der Waals surface area contributed by atoms with Gasteiger partial charge in [0.25, 0.3) is 0 Å². The molecule has 1 fully saturated rings. The van der Waals surface area contributed by atoms with Crippen molar-refractivity contribution < 1.29 is 0 Å². The van der Waals surface area contributed by atoms with Gasteiger partial charge in [0.2, 0.25) is 0 Å². The first-order valence-electron chi connectivity index (χ1n) is 34.6. The minimum atomic E-state index is -0.101. The van der Waals surface area contributed by atoms with E-state index < -0.39 is 0 Å². The maximum absolute atomic E-state index is 2.72. The normalized spacial score (nSPS) is 15.8. The number of hydrogen-bond acceptors (Lipinski definition) is 1. The van der Waals surface area contributed by atoms with Gasteiger partial charge in [0, 0.05) is 33.3 Å². The Morgan fingerprint density at radius 2 is 0.706 bits per heavy atom. The van der Waals surface area contributed by atoms with Gasteiger partial charge >= 0.3 is 0 Å². The van der Waals surface area contributed by atoms with E-state index in [4.69, 9.17) is 0 Å². The Labute approximate surface area is 513 Å². The summed E-state index contributed by atoms with van der Waals surface area (Å²) in [5, 5.41) is 0. The second kappa shape index (κ2) is 24.7. The summed E-state index contributed by atoms with van der Waals surface area (Å²) in [6.07, 6.45) is 34.0. The predicted molar refractivity (Wildman–Crippen MR) is 366 cm³/mol. The second-order valence-corrected chi connectivity index (χ2v) is 27.5. The van der Waals surface area contributed by atoms with Crippen molar-refractivity contribution in [3.05, 3.63) is 207 Å². The van der Waals surface area contributed by atoms with Gasteiger partial charge in [-0.25, -0.2) is 0 Å². The van der Waals surface area contributed by atoms with E-state index in [1.54, 1.807) is 33.4 Å². The summed E-state index contributed by atoms with van der Waals surface area (Å²) < 4.78 is 0. The molecular weight excluding hydrogens is 1020 g/mol. The Hall–Kier alpha value is -6.44. The second-order valence-electron chi connectivity index (χ2n) is 27.5. The summed E-state index contributed by atoms with van der Waals surface area (Å²) in [6, 6.07) is 62.6. The molecule has 1 saturated carbocycles. The maximum atomic E-state index is 2.72. The molecule has 0 saturated heterocycles. The number of nitrogens with zero attached hydrogens (tertiary/aromatic N) is 1. The Morgan fingerprint density at radius 1 is 0.318 bits per heavy atom. The number of fused-ring (bicyclic) bond motifs is 12. The van der Waals surface area contributed by atoms with E-state index in [-0.39, 0.29) is 16.2 Å². The minimum absolute atomic E-state index is 0.0180. The zero-order valence-electron chi connectivity index (χ0n) is 53.0. The van der Waals surface area contributed by atoms with E-state index in [1.807, 2.05) is 0 Å². The van der Waals surface area contributed by atoms with E-state index in [1.165, 1.54) is 268 Å². The van der Waals surface area contributed by atoms with Crippen LogP contribution in [0.3, 0.4) is 0 Å². The van der Waals surface area contributed by atoms with E-state index in [2.05, 4.69) is 198 Å². The van der Waals surface area contributed by atoms with Crippen LogP contribution in [0.1, 0.15) is 244 Å². The van der Waals surface area contributed by atoms with Gasteiger partial charge in [-0.1, -0.05) is 264 Å². The smallest absolute Gasteiger partial charge is 0.0467 e. The van der Waals surface area contributed by atoms with Gasteiger partial charge in [-0.2, -0.15) is 0 Å². The maximum Gasteiger partial charge on any atom is 0.0467 e. The lowest BCUT2D eigenvalue weighted by Crippen LogP contribution is -2.28. The lowest BCUT2D eigenvalue weighted by molar-refractivity contribution is 0.353. The Balaban J connectivity index is 0.977. The Morgan fingerprint density at radius 3 is 1.20 bits per heavy atom. The molecule has 85 heavy (non-hydrogen) atoms. The summed E-state index contributed by atoms with van der Waals surface area (Å²) in [5.74, 6) is 0. The predicted octanol–water partition coefficient (Wildman–Crippen LogP) is 24.9. The van der Waals surface area contributed by atoms with Gasteiger partial charge in [0.15, 0.2) is 0 Å². The summed E-state index contributed by atoms with van der Waals surface area (Å²) >= 11 is 0. The van der Waals surface area contributed by atoms with E-state index >= 15 is 0 Å².